The molecule has 1 N–H and O–H groups in total. The number of nitrogens with one attached hydrogen (secondary N) is 1. The smallest absolute Gasteiger partial charge is 0.00915 e. The quantitative estimate of drug-likeness (QED) is 0.789. The monoisotopic (exact) mass is 266 g/mol. The Labute approximate surface area is 120 Å². The maximum Gasteiger partial charge on any atom is 0.00915 e. The van der Waals surface area contributed by atoms with E-state index in [0.717, 1.165) is 17.9 Å². The molecule has 1 heterocycles. The summed E-state index contributed by atoms with van der Waals surface area (Å²) in [5.74, 6) is 2.00. The van der Waals surface area contributed by atoms with Crippen molar-refractivity contribution in [3.63, 3.8) is 0 Å². The van der Waals surface area contributed by atoms with Gasteiger partial charge in [-0.05, 0) is 70.1 Å². The fraction of sp³-hybridized carbons (Fsp3) is 1.00. The Balaban J connectivity index is 1.57. The number of hydrogen-bond donors (Lipinski definition) is 1. The minimum absolute atomic E-state index is 0.803. The van der Waals surface area contributed by atoms with Crippen molar-refractivity contribution >= 4 is 0 Å². The van der Waals surface area contributed by atoms with Crippen molar-refractivity contribution in [3.05, 3.63) is 0 Å². The SMILES string of the molecule is CCCN1CCC(NCC2CCC(CC)CC2)CC1. The van der Waals surface area contributed by atoms with Crippen LogP contribution in [0.25, 0.3) is 0 Å². The zero-order valence-electron chi connectivity index (χ0n) is 13.2. The molecule has 0 radical (unpaired) electrons. The molecule has 0 aromatic heterocycles. The van der Waals surface area contributed by atoms with Crippen LogP contribution in [0.2, 0.25) is 0 Å². The Morgan fingerprint density at radius 2 is 1.53 bits per heavy atom. The molecule has 2 nitrogen and oxygen atoms in total. The van der Waals surface area contributed by atoms with Gasteiger partial charge in [0.2, 0.25) is 0 Å². The van der Waals surface area contributed by atoms with Crippen LogP contribution in [-0.2, 0) is 0 Å². The second-order valence-corrected chi connectivity index (χ2v) is 6.82. The van der Waals surface area contributed by atoms with Crippen molar-refractivity contribution in [2.45, 2.75) is 71.3 Å². The van der Waals surface area contributed by atoms with Crippen molar-refractivity contribution in [2.24, 2.45) is 11.8 Å². The first-order valence-corrected chi connectivity index (χ1v) is 8.77. The highest BCUT2D eigenvalue weighted by molar-refractivity contribution is 4.80. The summed E-state index contributed by atoms with van der Waals surface area (Å²) in [5, 5.41) is 3.86. The zero-order valence-corrected chi connectivity index (χ0v) is 13.2. The Kier molecular flexibility index (Phi) is 6.66. The molecule has 2 rings (SSSR count). The van der Waals surface area contributed by atoms with Crippen LogP contribution >= 0.6 is 0 Å². The van der Waals surface area contributed by atoms with Crippen LogP contribution < -0.4 is 5.32 Å². The van der Waals surface area contributed by atoms with E-state index in [0.29, 0.717) is 0 Å². The molecule has 1 saturated carbocycles. The average molecular weight is 266 g/mol. The number of nitrogens with zero attached hydrogens (tertiary/aromatic N) is 1. The molecule has 2 heteroatoms. The summed E-state index contributed by atoms with van der Waals surface area (Å²) < 4.78 is 0. The number of hydrogen-bond acceptors (Lipinski definition) is 2. The largest absolute Gasteiger partial charge is 0.314 e. The standard InChI is InChI=1S/C17H34N2/c1-3-11-19-12-9-17(10-13-19)18-14-16-7-5-15(4-2)6-8-16/h15-18H,3-14H2,1-2H3. The van der Waals surface area contributed by atoms with Crippen LogP contribution in [0.4, 0.5) is 0 Å². The molecule has 0 spiro atoms. The lowest BCUT2D eigenvalue weighted by molar-refractivity contribution is 0.187. The van der Waals surface area contributed by atoms with E-state index < -0.39 is 0 Å². The molecule has 2 aliphatic rings. The molecule has 1 saturated heterocycles. The molecule has 112 valence electrons. The zero-order chi connectivity index (χ0) is 13.5. The predicted octanol–water partition coefficient (Wildman–Crippen LogP) is 3.67. The van der Waals surface area contributed by atoms with Crippen molar-refractivity contribution in [1.82, 2.24) is 10.2 Å². The van der Waals surface area contributed by atoms with Crippen molar-refractivity contribution in [2.75, 3.05) is 26.2 Å². The first-order chi connectivity index (χ1) is 9.31. The summed E-state index contributed by atoms with van der Waals surface area (Å²) in [6, 6.07) is 0.803. The van der Waals surface area contributed by atoms with E-state index in [1.54, 1.807) is 0 Å². The molecule has 1 aliphatic carbocycles. The lowest BCUT2D eigenvalue weighted by atomic mass is 9.81. The van der Waals surface area contributed by atoms with Gasteiger partial charge in [-0.25, -0.2) is 0 Å². The second-order valence-electron chi connectivity index (χ2n) is 6.82. The Morgan fingerprint density at radius 3 is 2.11 bits per heavy atom. The summed E-state index contributed by atoms with van der Waals surface area (Å²) in [6.45, 7) is 9.86. The topological polar surface area (TPSA) is 15.3 Å². The van der Waals surface area contributed by atoms with Crippen molar-refractivity contribution in [1.29, 1.82) is 0 Å². The third-order valence-electron chi connectivity index (χ3n) is 5.37. The third-order valence-corrected chi connectivity index (χ3v) is 5.37. The van der Waals surface area contributed by atoms with Gasteiger partial charge < -0.3 is 10.2 Å². The van der Waals surface area contributed by atoms with E-state index >= 15 is 0 Å². The minimum atomic E-state index is 0.803. The maximum atomic E-state index is 3.86. The van der Waals surface area contributed by atoms with Gasteiger partial charge >= 0.3 is 0 Å². The van der Waals surface area contributed by atoms with Gasteiger partial charge in [-0.3, -0.25) is 0 Å². The van der Waals surface area contributed by atoms with Gasteiger partial charge in [0.15, 0.2) is 0 Å². The molecular weight excluding hydrogens is 232 g/mol. The molecule has 0 atom stereocenters. The average Bonchev–Trinajstić information content (AvgIpc) is 2.47. The van der Waals surface area contributed by atoms with Gasteiger partial charge in [0.1, 0.15) is 0 Å². The molecule has 2 fully saturated rings. The fourth-order valence-corrected chi connectivity index (χ4v) is 3.85. The van der Waals surface area contributed by atoms with Gasteiger partial charge in [-0.2, -0.15) is 0 Å². The lowest BCUT2D eigenvalue weighted by Gasteiger charge is -2.34. The maximum absolute atomic E-state index is 3.86. The molecule has 1 aliphatic heterocycles. The molecule has 0 aromatic rings. The van der Waals surface area contributed by atoms with Crippen LogP contribution in [0.15, 0.2) is 0 Å². The van der Waals surface area contributed by atoms with Crippen LogP contribution in [-0.4, -0.2) is 37.1 Å². The summed E-state index contributed by atoms with van der Waals surface area (Å²) in [7, 11) is 0. The lowest BCUT2D eigenvalue weighted by Crippen LogP contribution is -2.44. The highest BCUT2D eigenvalue weighted by Crippen LogP contribution is 2.30. The van der Waals surface area contributed by atoms with Crippen molar-refractivity contribution < 1.29 is 0 Å². The second kappa shape index (κ2) is 8.26. The normalized spacial score (nSPS) is 30.6. The Hall–Kier alpha value is -0.0800. The summed E-state index contributed by atoms with van der Waals surface area (Å²) in [4.78, 5) is 2.63. The summed E-state index contributed by atoms with van der Waals surface area (Å²) >= 11 is 0. The third kappa shape index (κ3) is 5.07. The number of piperidine rings is 1. The van der Waals surface area contributed by atoms with E-state index in [1.807, 2.05) is 0 Å². The molecule has 0 amide bonds. The van der Waals surface area contributed by atoms with Crippen LogP contribution in [0.3, 0.4) is 0 Å². The van der Waals surface area contributed by atoms with Crippen molar-refractivity contribution in [3.8, 4) is 0 Å². The van der Waals surface area contributed by atoms with Gasteiger partial charge in [0, 0.05) is 6.04 Å². The van der Waals surface area contributed by atoms with Gasteiger partial charge in [0.05, 0.1) is 0 Å². The molecule has 0 bridgehead atoms. The summed E-state index contributed by atoms with van der Waals surface area (Å²) in [5.41, 5.74) is 0. The highest BCUT2D eigenvalue weighted by atomic mass is 15.1. The first kappa shape index (κ1) is 15.3. The molecular formula is C17H34N2. The fourth-order valence-electron chi connectivity index (χ4n) is 3.85. The van der Waals surface area contributed by atoms with Crippen LogP contribution in [0.5, 0.6) is 0 Å². The van der Waals surface area contributed by atoms with Gasteiger partial charge in [-0.15, -0.1) is 0 Å². The molecule has 0 unspecified atom stereocenters. The Morgan fingerprint density at radius 1 is 0.895 bits per heavy atom. The Bertz CT molecular complexity index is 225. The van der Waals surface area contributed by atoms with E-state index in [1.165, 1.54) is 77.5 Å². The van der Waals surface area contributed by atoms with E-state index in [2.05, 4.69) is 24.1 Å². The van der Waals surface area contributed by atoms with Gasteiger partial charge in [-0.1, -0.05) is 33.1 Å². The number of rotatable bonds is 6. The predicted molar refractivity (Wildman–Crippen MR) is 83.5 cm³/mol. The number of likely N-dealkylation sites (tertiary alicyclic amines) is 1. The van der Waals surface area contributed by atoms with Gasteiger partial charge in [0.25, 0.3) is 0 Å². The first-order valence-electron chi connectivity index (χ1n) is 8.77. The van der Waals surface area contributed by atoms with Crippen LogP contribution in [0, 0.1) is 11.8 Å². The molecule has 0 aromatic carbocycles. The molecule has 19 heavy (non-hydrogen) atoms. The van der Waals surface area contributed by atoms with Crippen LogP contribution in [0.1, 0.15) is 65.2 Å². The van der Waals surface area contributed by atoms with E-state index in [9.17, 15) is 0 Å². The highest BCUT2D eigenvalue weighted by Gasteiger charge is 2.22. The minimum Gasteiger partial charge on any atom is -0.314 e. The summed E-state index contributed by atoms with van der Waals surface area (Å²) in [6.07, 6.45) is 11.3. The van der Waals surface area contributed by atoms with E-state index in [-0.39, 0.29) is 0 Å². The van der Waals surface area contributed by atoms with E-state index in [4.69, 9.17) is 0 Å².